The quantitative estimate of drug-likeness (QED) is 0.282. The number of aryl methyl sites for hydroxylation is 1. The van der Waals surface area contributed by atoms with Gasteiger partial charge in [0.1, 0.15) is 18.3 Å². The molecular formula is C34H29N3O7. The number of anilines is 2. The molecule has 4 aromatic rings. The van der Waals surface area contributed by atoms with Gasteiger partial charge in [-0.1, -0.05) is 42.5 Å². The summed E-state index contributed by atoms with van der Waals surface area (Å²) in [6.45, 7) is 1.57. The molecule has 10 heteroatoms. The van der Waals surface area contributed by atoms with E-state index in [1.165, 1.54) is 9.80 Å². The van der Waals surface area contributed by atoms with Gasteiger partial charge in [0.2, 0.25) is 12.7 Å². The van der Waals surface area contributed by atoms with Crippen molar-refractivity contribution in [3.63, 3.8) is 0 Å². The van der Waals surface area contributed by atoms with E-state index in [1.807, 2.05) is 31.2 Å². The first-order valence-electron chi connectivity index (χ1n) is 14.0. The molecule has 0 aliphatic carbocycles. The van der Waals surface area contributed by atoms with Crippen molar-refractivity contribution in [3.8, 4) is 17.2 Å². The van der Waals surface area contributed by atoms with Crippen molar-refractivity contribution >= 4 is 34.9 Å². The Kier molecular flexibility index (Phi) is 7.72. The lowest BCUT2D eigenvalue weighted by Crippen LogP contribution is -2.46. The van der Waals surface area contributed by atoms with Crippen LogP contribution in [0.3, 0.4) is 0 Å². The molecule has 0 fully saturated rings. The molecule has 44 heavy (non-hydrogen) atoms. The Labute approximate surface area is 253 Å². The highest BCUT2D eigenvalue weighted by Gasteiger charge is 2.40. The number of hydrogen-bond donors (Lipinski definition) is 1. The highest BCUT2D eigenvalue weighted by Crippen LogP contribution is 2.37. The predicted molar refractivity (Wildman–Crippen MR) is 162 cm³/mol. The number of ether oxygens (including phenoxy) is 3. The van der Waals surface area contributed by atoms with Gasteiger partial charge in [0.25, 0.3) is 17.6 Å². The Morgan fingerprint density at radius 3 is 2.43 bits per heavy atom. The molecular weight excluding hydrogens is 562 g/mol. The number of benzene rings is 4. The fraction of sp³-hybridized carbons (Fsp3) is 0.176. The van der Waals surface area contributed by atoms with Crippen LogP contribution in [0.2, 0.25) is 0 Å². The molecule has 3 amide bonds. The number of Topliss-reactive ketones (excluding diaryl/α,β-unsaturated/α-hetero) is 1. The van der Waals surface area contributed by atoms with Crippen molar-refractivity contribution in [2.24, 2.45) is 0 Å². The SMILES string of the molecule is COc1ccc(NC(=O)[C@@H](c2ccc3c(c2)OCO3)N(Cc2ccccc2C)C(=O)CN2C(=O)C(=O)c3ccccc32)cc1. The summed E-state index contributed by atoms with van der Waals surface area (Å²) in [6, 6.07) is 24.9. The van der Waals surface area contributed by atoms with Crippen LogP contribution < -0.4 is 24.4 Å². The summed E-state index contributed by atoms with van der Waals surface area (Å²) in [7, 11) is 1.55. The maximum atomic E-state index is 14.3. The van der Waals surface area contributed by atoms with Crippen LogP contribution >= 0.6 is 0 Å². The van der Waals surface area contributed by atoms with Gasteiger partial charge in [0.05, 0.1) is 18.4 Å². The second-order valence-corrected chi connectivity index (χ2v) is 10.4. The van der Waals surface area contributed by atoms with E-state index in [0.717, 1.165) is 11.1 Å². The maximum Gasteiger partial charge on any atom is 0.299 e. The lowest BCUT2D eigenvalue weighted by atomic mass is 10.0. The molecule has 1 atom stereocenters. The Morgan fingerprint density at radius 1 is 0.932 bits per heavy atom. The molecule has 0 aromatic heterocycles. The van der Waals surface area contributed by atoms with Gasteiger partial charge in [-0.3, -0.25) is 24.1 Å². The van der Waals surface area contributed by atoms with E-state index < -0.39 is 36.1 Å². The molecule has 4 aromatic carbocycles. The van der Waals surface area contributed by atoms with Crippen LogP contribution in [0.15, 0.2) is 91.0 Å². The van der Waals surface area contributed by atoms with Gasteiger partial charge in [-0.2, -0.15) is 0 Å². The minimum Gasteiger partial charge on any atom is -0.497 e. The minimum atomic E-state index is -1.15. The molecule has 2 aliphatic rings. The van der Waals surface area contributed by atoms with Crippen LogP contribution in [0, 0.1) is 6.92 Å². The van der Waals surface area contributed by atoms with E-state index in [-0.39, 0.29) is 18.9 Å². The zero-order valence-electron chi connectivity index (χ0n) is 24.1. The highest BCUT2D eigenvalue weighted by molar-refractivity contribution is 6.52. The average Bonchev–Trinajstić information content (AvgIpc) is 3.60. The number of rotatable bonds is 9. The zero-order chi connectivity index (χ0) is 30.8. The molecule has 0 radical (unpaired) electrons. The van der Waals surface area contributed by atoms with Crippen LogP contribution in [-0.2, 0) is 20.9 Å². The molecule has 0 unspecified atom stereocenters. The summed E-state index contributed by atoms with van der Waals surface area (Å²) in [5, 5.41) is 2.93. The highest BCUT2D eigenvalue weighted by atomic mass is 16.7. The lowest BCUT2D eigenvalue weighted by Gasteiger charge is -2.33. The van der Waals surface area contributed by atoms with E-state index in [0.29, 0.717) is 34.2 Å². The van der Waals surface area contributed by atoms with Crippen LogP contribution in [-0.4, -0.2) is 48.9 Å². The van der Waals surface area contributed by atoms with Gasteiger partial charge < -0.3 is 24.4 Å². The van der Waals surface area contributed by atoms with Crippen LogP contribution in [0.25, 0.3) is 0 Å². The number of para-hydroxylation sites is 1. The second-order valence-electron chi connectivity index (χ2n) is 10.4. The Balaban J connectivity index is 1.41. The third kappa shape index (κ3) is 5.45. The third-order valence-electron chi connectivity index (χ3n) is 7.72. The first-order valence-corrected chi connectivity index (χ1v) is 14.0. The number of hydrogen-bond acceptors (Lipinski definition) is 7. The van der Waals surface area contributed by atoms with Crippen LogP contribution in [0.1, 0.15) is 33.1 Å². The molecule has 2 aliphatic heterocycles. The Morgan fingerprint density at radius 2 is 1.66 bits per heavy atom. The van der Waals surface area contributed by atoms with Crippen molar-refractivity contribution in [1.29, 1.82) is 0 Å². The summed E-state index contributed by atoms with van der Waals surface area (Å²) >= 11 is 0. The van der Waals surface area contributed by atoms with Crippen molar-refractivity contribution in [1.82, 2.24) is 4.90 Å². The molecule has 0 spiro atoms. The largest absolute Gasteiger partial charge is 0.497 e. The number of carbonyl (C=O) groups excluding carboxylic acids is 4. The number of ketones is 1. The van der Waals surface area contributed by atoms with Crippen LogP contribution in [0.5, 0.6) is 17.2 Å². The molecule has 1 N–H and O–H groups in total. The molecule has 0 saturated carbocycles. The van der Waals surface area contributed by atoms with Gasteiger partial charge in [0, 0.05) is 12.2 Å². The average molecular weight is 592 g/mol. The van der Waals surface area contributed by atoms with Crippen molar-refractivity contribution < 1.29 is 33.4 Å². The van der Waals surface area contributed by atoms with Gasteiger partial charge >= 0.3 is 0 Å². The molecule has 0 saturated heterocycles. The number of methoxy groups -OCH3 is 1. The fourth-order valence-electron chi connectivity index (χ4n) is 5.37. The first-order chi connectivity index (χ1) is 21.3. The third-order valence-corrected chi connectivity index (χ3v) is 7.72. The monoisotopic (exact) mass is 591 g/mol. The number of fused-ring (bicyclic) bond motifs is 2. The Hall–Kier alpha value is -5.64. The first kappa shape index (κ1) is 28.5. The number of carbonyl (C=O) groups is 4. The number of nitrogens with zero attached hydrogens (tertiary/aromatic N) is 2. The summed E-state index contributed by atoms with van der Waals surface area (Å²) < 4.78 is 16.3. The number of nitrogens with one attached hydrogen (secondary N) is 1. The minimum absolute atomic E-state index is 0.0395. The smallest absolute Gasteiger partial charge is 0.299 e. The van der Waals surface area contributed by atoms with Gasteiger partial charge in [-0.25, -0.2) is 0 Å². The summed E-state index contributed by atoms with van der Waals surface area (Å²) in [5.74, 6) is -0.892. The summed E-state index contributed by atoms with van der Waals surface area (Å²) in [5.41, 5.74) is 3.30. The maximum absolute atomic E-state index is 14.3. The summed E-state index contributed by atoms with van der Waals surface area (Å²) in [4.78, 5) is 56.8. The second kappa shape index (κ2) is 11.9. The molecule has 222 valence electrons. The molecule has 10 nitrogen and oxygen atoms in total. The van der Waals surface area contributed by atoms with Gasteiger partial charge in [0.15, 0.2) is 11.5 Å². The molecule has 2 heterocycles. The molecule has 0 bridgehead atoms. The fourth-order valence-corrected chi connectivity index (χ4v) is 5.37. The van der Waals surface area contributed by atoms with E-state index in [1.54, 1.807) is 73.8 Å². The van der Waals surface area contributed by atoms with E-state index in [2.05, 4.69) is 5.32 Å². The topological polar surface area (TPSA) is 114 Å². The van der Waals surface area contributed by atoms with E-state index in [9.17, 15) is 19.2 Å². The van der Waals surface area contributed by atoms with Crippen molar-refractivity contribution in [3.05, 3.63) is 113 Å². The Bertz CT molecular complexity index is 1770. The van der Waals surface area contributed by atoms with E-state index in [4.69, 9.17) is 14.2 Å². The van der Waals surface area contributed by atoms with Gasteiger partial charge in [-0.15, -0.1) is 0 Å². The predicted octanol–water partition coefficient (Wildman–Crippen LogP) is 4.67. The van der Waals surface area contributed by atoms with E-state index >= 15 is 0 Å². The summed E-state index contributed by atoms with van der Waals surface area (Å²) in [6.07, 6.45) is 0. The van der Waals surface area contributed by atoms with Gasteiger partial charge in [-0.05, 0) is 72.1 Å². The van der Waals surface area contributed by atoms with Crippen molar-refractivity contribution in [2.45, 2.75) is 19.5 Å². The van der Waals surface area contributed by atoms with Crippen LogP contribution in [0.4, 0.5) is 11.4 Å². The zero-order valence-corrected chi connectivity index (χ0v) is 24.1. The molecule has 6 rings (SSSR count). The number of amides is 3. The normalized spacial score (nSPS) is 13.8. The lowest BCUT2D eigenvalue weighted by molar-refractivity contribution is -0.139. The standard InChI is InChI=1S/C34H29N3O7/c1-21-7-3-4-8-23(21)18-37(30(38)19-36-27-10-6-5-9-26(27)32(39)34(36)41)31(22-11-16-28-29(17-22)44-20-43-28)33(40)35-24-12-14-25(42-2)15-13-24/h3-17,31H,18-20H2,1-2H3,(H,35,40)/t31-/m1/s1. The van der Waals surface area contributed by atoms with Crippen molar-refractivity contribution in [2.75, 3.05) is 30.7 Å².